The summed E-state index contributed by atoms with van der Waals surface area (Å²) in [5.74, 6) is 0. The smallest absolute Gasteiger partial charge is 0.0603 e. The Morgan fingerprint density at radius 1 is 1.36 bits per heavy atom. The van der Waals surface area contributed by atoms with E-state index in [2.05, 4.69) is 65.2 Å². The van der Waals surface area contributed by atoms with Crippen LogP contribution in [-0.4, -0.2) is 19.1 Å². The highest BCUT2D eigenvalue weighted by atomic mass is 79.9. The predicted molar refractivity (Wildman–Crippen MR) is 65.1 cm³/mol. The third-order valence-corrected chi connectivity index (χ3v) is 3.55. The van der Waals surface area contributed by atoms with Crippen molar-refractivity contribution in [2.75, 3.05) is 17.3 Å². The van der Waals surface area contributed by atoms with Crippen LogP contribution in [0.2, 0.25) is 0 Å². The molecule has 0 saturated carbocycles. The first-order valence-electron chi connectivity index (χ1n) is 4.88. The van der Waals surface area contributed by atoms with Crippen LogP contribution in [0.5, 0.6) is 0 Å². The first-order chi connectivity index (χ1) is 6.59. The molecule has 0 aromatic heterocycles. The minimum Gasteiger partial charge on any atom is -0.379 e. The average molecular weight is 255 g/mol. The number of hydrogen-bond donors (Lipinski definition) is 1. The standard InChI is InChI=1S/C11H15BrN2/c1-7-8(2)14(3)11-5-4-9(12)6-10(11)13-7/h4-8,13H,1-3H3. The van der Waals surface area contributed by atoms with Gasteiger partial charge in [0.05, 0.1) is 11.4 Å². The summed E-state index contributed by atoms with van der Waals surface area (Å²) >= 11 is 3.49. The van der Waals surface area contributed by atoms with Crippen LogP contribution in [0, 0.1) is 0 Å². The summed E-state index contributed by atoms with van der Waals surface area (Å²) in [6, 6.07) is 7.38. The molecule has 76 valence electrons. The van der Waals surface area contributed by atoms with Crippen molar-refractivity contribution in [2.24, 2.45) is 0 Å². The summed E-state index contributed by atoms with van der Waals surface area (Å²) in [5, 5.41) is 3.51. The van der Waals surface area contributed by atoms with E-state index in [1.54, 1.807) is 0 Å². The summed E-state index contributed by atoms with van der Waals surface area (Å²) in [6.45, 7) is 4.45. The van der Waals surface area contributed by atoms with Gasteiger partial charge in [0.25, 0.3) is 0 Å². The Kier molecular flexibility index (Phi) is 2.43. The second-order valence-corrected chi connectivity index (χ2v) is 4.86. The van der Waals surface area contributed by atoms with Crippen LogP contribution < -0.4 is 10.2 Å². The number of likely N-dealkylation sites (N-methyl/N-ethyl adjacent to an activating group) is 1. The van der Waals surface area contributed by atoms with Gasteiger partial charge in [0, 0.05) is 23.6 Å². The maximum atomic E-state index is 3.51. The lowest BCUT2D eigenvalue weighted by molar-refractivity contribution is 0.587. The highest BCUT2D eigenvalue weighted by molar-refractivity contribution is 9.10. The van der Waals surface area contributed by atoms with Crippen LogP contribution in [0.1, 0.15) is 13.8 Å². The van der Waals surface area contributed by atoms with Gasteiger partial charge in [0.15, 0.2) is 0 Å². The molecule has 2 rings (SSSR count). The van der Waals surface area contributed by atoms with E-state index in [0.717, 1.165) is 4.47 Å². The lowest BCUT2D eigenvalue weighted by Gasteiger charge is -2.39. The Morgan fingerprint density at radius 2 is 2.07 bits per heavy atom. The monoisotopic (exact) mass is 254 g/mol. The zero-order valence-corrected chi connectivity index (χ0v) is 10.3. The number of nitrogens with zero attached hydrogens (tertiary/aromatic N) is 1. The average Bonchev–Trinajstić information content (AvgIpc) is 2.14. The summed E-state index contributed by atoms with van der Waals surface area (Å²) in [7, 11) is 2.15. The Bertz CT molecular complexity index is 351. The fourth-order valence-corrected chi connectivity index (χ4v) is 2.21. The minimum absolute atomic E-state index is 0.488. The zero-order valence-electron chi connectivity index (χ0n) is 8.71. The maximum Gasteiger partial charge on any atom is 0.0603 e. The van der Waals surface area contributed by atoms with Gasteiger partial charge in [-0.3, -0.25) is 0 Å². The van der Waals surface area contributed by atoms with Gasteiger partial charge < -0.3 is 10.2 Å². The minimum atomic E-state index is 0.488. The second-order valence-electron chi connectivity index (χ2n) is 3.95. The molecule has 0 fully saturated rings. The largest absolute Gasteiger partial charge is 0.379 e. The van der Waals surface area contributed by atoms with Gasteiger partial charge in [-0.2, -0.15) is 0 Å². The number of halogens is 1. The zero-order chi connectivity index (χ0) is 10.3. The van der Waals surface area contributed by atoms with Gasteiger partial charge in [0.1, 0.15) is 0 Å². The van der Waals surface area contributed by atoms with Crippen LogP contribution in [0.4, 0.5) is 11.4 Å². The Morgan fingerprint density at radius 3 is 2.79 bits per heavy atom. The fraction of sp³-hybridized carbons (Fsp3) is 0.455. The molecule has 0 bridgehead atoms. The lowest BCUT2D eigenvalue weighted by Crippen LogP contribution is -2.45. The summed E-state index contributed by atoms with van der Waals surface area (Å²) in [4.78, 5) is 2.32. The molecule has 1 heterocycles. The van der Waals surface area contributed by atoms with Crippen LogP contribution in [0.15, 0.2) is 22.7 Å². The van der Waals surface area contributed by atoms with E-state index < -0.39 is 0 Å². The number of hydrogen-bond acceptors (Lipinski definition) is 2. The molecule has 3 heteroatoms. The van der Waals surface area contributed by atoms with Crippen molar-refractivity contribution in [3.63, 3.8) is 0 Å². The highest BCUT2D eigenvalue weighted by Crippen LogP contribution is 2.34. The number of benzene rings is 1. The normalized spacial score (nSPS) is 25.6. The molecule has 14 heavy (non-hydrogen) atoms. The molecular weight excluding hydrogens is 240 g/mol. The molecule has 0 aliphatic carbocycles. The SMILES string of the molecule is CC1Nc2cc(Br)ccc2N(C)C1C. The van der Waals surface area contributed by atoms with Crippen molar-refractivity contribution in [1.82, 2.24) is 0 Å². The molecule has 2 atom stereocenters. The highest BCUT2D eigenvalue weighted by Gasteiger charge is 2.25. The Hall–Kier alpha value is -0.700. The Labute approximate surface area is 93.4 Å². The maximum absolute atomic E-state index is 3.51. The number of rotatable bonds is 0. The lowest BCUT2D eigenvalue weighted by atomic mass is 10.0. The Balaban J connectivity index is 2.45. The van der Waals surface area contributed by atoms with Crippen LogP contribution in [0.3, 0.4) is 0 Å². The second kappa shape index (κ2) is 3.46. The molecule has 0 spiro atoms. The summed E-state index contributed by atoms with van der Waals surface area (Å²) < 4.78 is 1.12. The molecule has 2 unspecified atom stereocenters. The molecule has 1 aromatic carbocycles. The van der Waals surface area contributed by atoms with Crippen LogP contribution in [-0.2, 0) is 0 Å². The number of fused-ring (bicyclic) bond motifs is 1. The molecule has 1 aliphatic rings. The van der Waals surface area contributed by atoms with E-state index in [1.807, 2.05) is 0 Å². The molecule has 0 amide bonds. The molecule has 2 nitrogen and oxygen atoms in total. The number of anilines is 2. The molecular formula is C11H15BrN2. The first-order valence-corrected chi connectivity index (χ1v) is 5.68. The fourth-order valence-electron chi connectivity index (χ4n) is 1.85. The molecule has 1 N–H and O–H groups in total. The van der Waals surface area contributed by atoms with E-state index >= 15 is 0 Å². The molecule has 1 aliphatic heterocycles. The van der Waals surface area contributed by atoms with Gasteiger partial charge >= 0.3 is 0 Å². The third kappa shape index (κ3) is 1.50. The van der Waals surface area contributed by atoms with Gasteiger partial charge in [-0.25, -0.2) is 0 Å². The van der Waals surface area contributed by atoms with Gasteiger partial charge in [0.2, 0.25) is 0 Å². The van der Waals surface area contributed by atoms with Crippen molar-refractivity contribution in [3.8, 4) is 0 Å². The van der Waals surface area contributed by atoms with Crippen LogP contribution >= 0.6 is 15.9 Å². The molecule has 1 aromatic rings. The number of nitrogens with one attached hydrogen (secondary N) is 1. The van der Waals surface area contributed by atoms with E-state index in [-0.39, 0.29) is 0 Å². The van der Waals surface area contributed by atoms with Gasteiger partial charge in [-0.1, -0.05) is 15.9 Å². The molecule has 0 radical (unpaired) electrons. The van der Waals surface area contributed by atoms with E-state index in [9.17, 15) is 0 Å². The predicted octanol–water partition coefficient (Wildman–Crippen LogP) is 3.09. The van der Waals surface area contributed by atoms with Gasteiger partial charge in [-0.05, 0) is 32.0 Å². The van der Waals surface area contributed by atoms with E-state index in [0.29, 0.717) is 12.1 Å². The van der Waals surface area contributed by atoms with Crippen molar-refractivity contribution in [1.29, 1.82) is 0 Å². The topological polar surface area (TPSA) is 15.3 Å². The van der Waals surface area contributed by atoms with Crippen molar-refractivity contribution in [2.45, 2.75) is 25.9 Å². The van der Waals surface area contributed by atoms with E-state index in [4.69, 9.17) is 0 Å². The van der Waals surface area contributed by atoms with Crippen molar-refractivity contribution >= 4 is 27.3 Å². The van der Waals surface area contributed by atoms with Crippen LogP contribution in [0.25, 0.3) is 0 Å². The van der Waals surface area contributed by atoms with E-state index in [1.165, 1.54) is 11.4 Å². The first kappa shape index (κ1) is 9.84. The quantitative estimate of drug-likeness (QED) is 0.766. The summed E-state index contributed by atoms with van der Waals surface area (Å²) in [5.41, 5.74) is 2.49. The summed E-state index contributed by atoms with van der Waals surface area (Å²) in [6.07, 6.45) is 0. The molecule has 0 saturated heterocycles. The van der Waals surface area contributed by atoms with Crippen molar-refractivity contribution < 1.29 is 0 Å². The third-order valence-electron chi connectivity index (χ3n) is 3.06. The van der Waals surface area contributed by atoms with Crippen molar-refractivity contribution in [3.05, 3.63) is 22.7 Å². The van der Waals surface area contributed by atoms with Gasteiger partial charge in [-0.15, -0.1) is 0 Å².